The van der Waals surface area contributed by atoms with Gasteiger partial charge < -0.3 is 19.9 Å². The van der Waals surface area contributed by atoms with E-state index in [9.17, 15) is 0 Å². The molecule has 4 rings (SSSR count). The number of aromatic nitrogens is 4. The van der Waals surface area contributed by atoms with E-state index < -0.39 is 0 Å². The molecule has 0 amide bonds. The van der Waals surface area contributed by atoms with Crippen molar-refractivity contribution in [2.24, 2.45) is 0 Å². The Balaban J connectivity index is 1.67. The van der Waals surface area contributed by atoms with Gasteiger partial charge in [0.1, 0.15) is 12.1 Å². The molecule has 1 aliphatic rings. The molecule has 0 bridgehead atoms. The van der Waals surface area contributed by atoms with E-state index in [4.69, 9.17) is 15.5 Å². The van der Waals surface area contributed by atoms with Crippen LogP contribution in [0.2, 0.25) is 0 Å². The fraction of sp³-hybridized carbons (Fsp3) is 0.421. The number of ether oxygens (including phenoxy) is 1. The zero-order valence-electron chi connectivity index (χ0n) is 15.8. The van der Waals surface area contributed by atoms with Gasteiger partial charge in [0.2, 0.25) is 0 Å². The molecule has 2 N–H and O–H groups in total. The molecule has 9 heteroatoms. The first kappa shape index (κ1) is 19.7. The summed E-state index contributed by atoms with van der Waals surface area (Å²) in [5.41, 5.74) is 7.54. The van der Waals surface area contributed by atoms with Gasteiger partial charge in [-0.1, -0.05) is 18.2 Å². The second-order valence-corrected chi connectivity index (χ2v) is 8.95. The smallest absolute Gasteiger partial charge is 0.175 e. The van der Waals surface area contributed by atoms with Gasteiger partial charge in [0.25, 0.3) is 0 Å². The van der Waals surface area contributed by atoms with Crippen molar-refractivity contribution < 1.29 is 4.74 Å². The number of hydrogen-bond acceptors (Lipinski definition) is 7. The molecule has 2 aromatic heterocycles. The van der Waals surface area contributed by atoms with Gasteiger partial charge in [-0.05, 0) is 66.7 Å². The van der Waals surface area contributed by atoms with Crippen LogP contribution in [0.3, 0.4) is 0 Å². The summed E-state index contributed by atoms with van der Waals surface area (Å²) in [6.45, 7) is 4.15. The summed E-state index contributed by atoms with van der Waals surface area (Å²) in [7, 11) is 1.68. The van der Waals surface area contributed by atoms with Crippen LogP contribution in [0.15, 0.2) is 34.6 Å². The standard InChI is InChI=1S/C19H23IN6OS/c1-27-13-5-6-14(20)15(11-13)28-19-24-16-17(21)22-12-23-18(16)26(19)10-9-25-7-3-2-4-8-25/h5-6,11-12H,2-4,7-10H2,1H3,(H2,21,22,23). The van der Waals surface area contributed by atoms with Crippen LogP contribution in [-0.4, -0.2) is 51.2 Å². The third kappa shape index (κ3) is 4.20. The average molecular weight is 510 g/mol. The molecule has 0 spiro atoms. The number of likely N-dealkylation sites (tertiary alicyclic amines) is 1. The number of nitrogens with zero attached hydrogens (tertiary/aromatic N) is 5. The number of piperidine rings is 1. The van der Waals surface area contributed by atoms with Crippen molar-refractivity contribution in [1.29, 1.82) is 0 Å². The van der Waals surface area contributed by atoms with Gasteiger partial charge in [-0.2, -0.15) is 0 Å². The molecule has 1 aliphatic heterocycles. The van der Waals surface area contributed by atoms with Crippen molar-refractivity contribution in [1.82, 2.24) is 24.4 Å². The van der Waals surface area contributed by atoms with Crippen molar-refractivity contribution in [3.05, 3.63) is 28.1 Å². The maximum atomic E-state index is 6.08. The van der Waals surface area contributed by atoms with E-state index in [0.29, 0.717) is 11.3 Å². The van der Waals surface area contributed by atoms with E-state index in [2.05, 4.69) is 48.1 Å². The quantitative estimate of drug-likeness (QED) is 0.507. The Hall–Kier alpha value is -1.59. The molecule has 148 valence electrons. The van der Waals surface area contributed by atoms with Crippen LogP contribution in [0.5, 0.6) is 5.75 Å². The Labute approximate surface area is 182 Å². The normalized spacial score (nSPS) is 15.2. The first-order chi connectivity index (χ1) is 13.7. The Morgan fingerprint density at radius 2 is 2.00 bits per heavy atom. The Morgan fingerprint density at radius 1 is 1.18 bits per heavy atom. The molecule has 1 saturated heterocycles. The fourth-order valence-electron chi connectivity index (χ4n) is 3.43. The number of benzene rings is 1. The van der Waals surface area contributed by atoms with Gasteiger partial charge in [-0.15, -0.1) is 0 Å². The van der Waals surface area contributed by atoms with Gasteiger partial charge in [-0.3, -0.25) is 0 Å². The lowest BCUT2D eigenvalue weighted by Gasteiger charge is -2.26. The number of hydrogen-bond donors (Lipinski definition) is 1. The Morgan fingerprint density at radius 3 is 2.79 bits per heavy atom. The lowest BCUT2D eigenvalue weighted by molar-refractivity contribution is 0.219. The minimum atomic E-state index is 0.420. The molecule has 0 saturated carbocycles. The number of nitrogen functional groups attached to an aromatic ring is 1. The summed E-state index contributed by atoms with van der Waals surface area (Å²) in [6.07, 6.45) is 5.41. The lowest BCUT2D eigenvalue weighted by atomic mass is 10.1. The van der Waals surface area contributed by atoms with Crippen molar-refractivity contribution in [2.45, 2.75) is 35.9 Å². The highest BCUT2D eigenvalue weighted by atomic mass is 127. The number of methoxy groups -OCH3 is 1. The number of rotatable bonds is 6. The molecular formula is C19H23IN6OS. The fourth-order valence-corrected chi connectivity index (χ4v) is 5.05. The Bertz CT molecular complexity index is 972. The van der Waals surface area contributed by atoms with E-state index in [-0.39, 0.29) is 0 Å². The van der Waals surface area contributed by atoms with Crippen LogP contribution >= 0.6 is 34.4 Å². The van der Waals surface area contributed by atoms with Crippen molar-refractivity contribution in [2.75, 3.05) is 32.5 Å². The molecule has 3 heterocycles. The van der Waals surface area contributed by atoms with Crippen molar-refractivity contribution >= 4 is 51.3 Å². The maximum absolute atomic E-state index is 6.08. The predicted octanol–water partition coefficient (Wildman–Crippen LogP) is 3.66. The summed E-state index contributed by atoms with van der Waals surface area (Å²) in [6, 6.07) is 6.06. The van der Waals surface area contributed by atoms with Crippen molar-refractivity contribution in [3.63, 3.8) is 0 Å². The largest absolute Gasteiger partial charge is 0.497 e. The Kier molecular flexibility index (Phi) is 6.22. The monoisotopic (exact) mass is 510 g/mol. The van der Waals surface area contributed by atoms with E-state index >= 15 is 0 Å². The summed E-state index contributed by atoms with van der Waals surface area (Å²) in [5, 5.41) is 0.880. The third-order valence-electron chi connectivity index (χ3n) is 4.95. The average Bonchev–Trinajstić information content (AvgIpc) is 3.07. The molecule has 0 aliphatic carbocycles. The highest BCUT2D eigenvalue weighted by Crippen LogP contribution is 2.35. The topological polar surface area (TPSA) is 82.1 Å². The summed E-state index contributed by atoms with van der Waals surface area (Å²) in [4.78, 5) is 17.0. The lowest BCUT2D eigenvalue weighted by Crippen LogP contribution is -2.32. The summed E-state index contributed by atoms with van der Waals surface area (Å²) in [5.74, 6) is 1.25. The minimum Gasteiger partial charge on any atom is -0.497 e. The van der Waals surface area contributed by atoms with E-state index in [0.717, 1.165) is 38.1 Å². The van der Waals surface area contributed by atoms with Crippen LogP contribution < -0.4 is 10.5 Å². The van der Waals surface area contributed by atoms with Crippen LogP contribution in [-0.2, 0) is 6.54 Å². The molecule has 1 aromatic carbocycles. The third-order valence-corrected chi connectivity index (χ3v) is 7.31. The summed E-state index contributed by atoms with van der Waals surface area (Å²) < 4.78 is 8.71. The molecule has 0 unspecified atom stereocenters. The molecule has 7 nitrogen and oxygen atoms in total. The molecule has 28 heavy (non-hydrogen) atoms. The maximum Gasteiger partial charge on any atom is 0.175 e. The minimum absolute atomic E-state index is 0.420. The number of anilines is 1. The second kappa shape index (κ2) is 8.83. The van der Waals surface area contributed by atoms with Crippen LogP contribution in [0, 0.1) is 3.57 Å². The summed E-state index contributed by atoms with van der Waals surface area (Å²) >= 11 is 3.95. The van der Waals surface area contributed by atoms with Gasteiger partial charge in [0.15, 0.2) is 22.1 Å². The first-order valence-corrected chi connectivity index (χ1v) is 11.3. The zero-order valence-corrected chi connectivity index (χ0v) is 18.7. The van der Waals surface area contributed by atoms with Gasteiger partial charge >= 0.3 is 0 Å². The zero-order chi connectivity index (χ0) is 19.5. The SMILES string of the molecule is COc1ccc(I)c(Sc2nc3c(N)ncnc3n2CCN2CCCCC2)c1. The molecule has 0 radical (unpaired) electrons. The van der Waals surface area contributed by atoms with Gasteiger partial charge in [-0.25, -0.2) is 15.0 Å². The number of fused-ring (bicyclic) bond motifs is 1. The molecule has 3 aromatic rings. The first-order valence-electron chi connectivity index (χ1n) is 9.36. The van der Waals surface area contributed by atoms with Crippen LogP contribution in [0.25, 0.3) is 11.2 Å². The van der Waals surface area contributed by atoms with Gasteiger partial charge in [0, 0.05) is 21.6 Å². The van der Waals surface area contributed by atoms with Gasteiger partial charge in [0.05, 0.1) is 7.11 Å². The second-order valence-electron chi connectivity index (χ2n) is 6.78. The molecule has 1 fully saturated rings. The van der Waals surface area contributed by atoms with Crippen LogP contribution in [0.1, 0.15) is 19.3 Å². The van der Waals surface area contributed by atoms with E-state index in [1.165, 1.54) is 38.7 Å². The van der Waals surface area contributed by atoms with Crippen molar-refractivity contribution in [3.8, 4) is 5.75 Å². The molecular weight excluding hydrogens is 487 g/mol. The highest BCUT2D eigenvalue weighted by molar-refractivity contribution is 14.1. The van der Waals surface area contributed by atoms with Crippen LogP contribution in [0.4, 0.5) is 5.82 Å². The number of nitrogens with two attached hydrogens (primary N) is 1. The number of halogens is 1. The van der Waals surface area contributed by atoms with E-state index in [1.807, 2.05) is 12.1 Å². The van der Waals surface area contributed by atoms with E-state index in [1.54, 1.807) is 18.9 Å². The molecule has 0 atom stereocenters. The predicted molar refractivity (Wildman–Crippen MR) is 120 cm³/mol. The highest BCUT2D eigenvalue weighted by Gasteiger charge is 2.18. The number of imidazole rings is 1.